The number of benzene rings is 7. The standard InChI is InChI=1S/C30H29FO4S.C19H23FN2O5S.C13H15FN2OS.C13H15FO2.C12H16FNO2.C6H9NO2.C6H11NO2.C6H12O2/c31-28-12-6-5-11-27(28)30(13-14-34-18-20(30)17-32)16-21(36)15-29(33)35-19-26-24-9-3-1-7-22(24)23-8-2-4-10-25(23)26;1-18(2,3)27-17(23)9-16-21-19(6-7-26-10-12(19)11-28-16)14-8-13(22(24)25)4-5-15(14)20;14-11-4-2-1-3-10(11)13-5-6-17-7-9(13)8-18-12(15)16-13;14-12-4-2-1-3-11(12)13-5-6-15-7-10(13)8-16-9-13;13-11-4-2-1-3-10(11)12(14)5-6-16-8-9(12)7-15;1-2-8-3-5-4-9-7-6(1)5;1-2-5-9-6-3-4-7-8;1-2-5-8-6-3-4-7/h1-12,20,26,32H,13-19H2;4-5,8,12H,6-7,9-11H2,1-3H3;1-4,9H,5-8H2,(H2,15,16);1-4,10H,5-9H2;1-4,9,15H,5-8,14H2;5H,1-4H2;2,4,8H,1,3,5-6H2;2,7H,1,3-6H2/b;;;;;;7-4-;/t20-,30+;12-,19-;9-,13-;10-,13-;9-,12+;;;/m10001.../s1. The first-order valence-electron chi connectivity index (χ1n) is 47.3. The number of aliphatic imine (C=N–C) groups is 2. The van der Waals surface area contributed by atoms with E-state index in [-0.39, 0.29) is 109 Å². The van der Waals surface area contributed by atoms with Crippen LogP contribution in [-0.2, 0) is 94.0 Å². The highest BCUT2D eigenvalue weighted by atomic mass is 32.2. The van der Waals surface area contributed by atoms with E-state index in [4.69, 9.17) is 95.9 Å². The van der Waals surface area contributed by atoms with Gasteiger partial charge in [0.25, 0.3) is 5.69 Å². The van der Waals surface area contributed by atoms with Crippen LogP contribution in [0.2, 0.25) is 0 Å². The molecule has 140 heavy (non-hydrogen) atoms. The van der Waals surface area contributed by atoms with Gasteiger partial charge < -0.3 is 88.9 Å². The summed E-state index contributed by atoms with van der Waals surface area (Å²) in [6, 6.07) is 46.9. The Morgan fingerprint density at radius 2 is 1.12 bits per heavy atom. The molecular weight excluding hydrogens is 1870 g/mol. The summed E-state index contributed by atoms with van der Waals surface area (Å²) in [5.74, 6) is -0.618. The lowest BCUT2D eigenvalue weighted by Crippen LogP contribution is -2.52. The highest BCUT2D eigenvalue weighted by molar-refractivity contribution is 8.14. The molecule has 7 aromatic rings. The number of aliphatic hydroxyl groups excluding tert-OH is 3. The second-order valence-corrected chi connectivity index (χ2v) is 39.2. The van der Waals surface area contributed by atoms with Gasteiger partial charge in [0.15, 0.2) is 5.17 Å². The van der Waals surface area contributed by atoms with E-state index in [0.717, 1.165) is 67.2 Å². The highest BCUT2D eigenvalue weighted by Crippen LogP contribution is 2.52. The van der Waals surface area contributed by atoms with Crippen molar-refractivity contribution < 1.29 is 114 Å². The number of nitrogens with zero attached hydrogens (tertiary/aromatic N) is 5. The average Bonchev–Trinajstić information content (AvgIpc) is 0.941. The fourth-order valence-electron chi connectivity index (χ4n) is 19.2. The Balaban J connectivity index is 0.000000161. The lowest BCUT2D eigenvalue weighted by Gasteiger charge is -2.44. The lowest BCUT2D eigenvalue weighted by molar-refractivity contribution is -0.385. The molecule has 0 amide bonds. The van der Waals surface area contributed by atoms with Crippen molar-refractivity contribution in [2.75, 3.05) is 163 Å². The number of halogens is 5. The number of thiocarbonyl (C=S) groups is 1. The molecule has 11 aliphatic rings. The van der Waals surface area contributed by atoms with Crippen LogP contribution in [0.25, 0.3) is 11.1 Å². The van der Waals surface area contributed by atoms with Gasteiger partial charge >= 0.3 is 11.9 Å². The smallest absolute Gasteiger partial charge is 0.312 e. The van der Waals surface area contributed by atoms with Crippen LogP contribution in [0.4, 0.5) is 27.6 Å². The molecule has 11 atom stereocenters. The summed E-state index contributed by atoms with van der Waals surface area (Å²) in [6.07, 6.45) is 10.4. The van der Waals surface area contributed by atoms with Gasteiger partial charge in [0, 0.05) is 176 Å². The predicted octanol–water partition coefficient (Wildman–Crippen LogP) is 16.7. The molecule has 0 bridgehead atoms. The molecule has 0 spiro atoms. The summed E-state index contributed by atoms with van der Waals surface area (Å²) in [4.78, 5) is 50.5. The van der Waals surface area contributed by atoms with Gasteiger partial charge in [-0.3, -0.25) is 29.7 Å². The number of amidine groups is 1. The van der Waals surface area contributed by atoms with Crippen molar-refractivity contribution in [1.29, 1.82) is 0 Å². The zero-order valence-corrected chi connectivity index (χ0v) is 82.0. The number of ether oxygens (including phenoxy) is 11. The molecule has 0 saturated carbocycles. The number of rotatable bonds is 26. The van der Waals surface area contributed by atoms with Crippen LogP contribution >= 0.6 is 35.7 Å². The summed E-state index contributed by atoms with van der Waals surface area (Å²) in [5.41, 5.74) is 16.6. The van der Waals surface area contributed by atoms with Crippen molar-refractivity contribution in [1.82, 2.24) is 0 Å². The molecule has 1 unspecified atom stereocenters. The number of fused-ring (bicyclic) bond motifs is 7. The van der Waals surface area contributed by atoms with Gasteiger partial charge in [0.1, 0.15) is 47.9 Å². The normalized spacial score (nSPS) is 25.0. The van der Waals surface area contributed by atoms with Gasteiger partial charge in [-0.25, -0.2) is 22.0 Å². The van der Waals surface area contributed by atoms with Gasteiger partial charge in [-0.05, 0) is 117 Å². The molecular formula is C105H130F5N7O20S3. The minimum absolute atomic E-state index is 0.00614. The molecule has 0 aromatic heterocycles. The number of carbonyl (C=O) groups is 2. The molecule has 8 N–H and O–H groups in total. The van der Waals surface area contributed by atoms with Crippen LogP contribution in [0.15, 0.2) is 209 Å². The summed E-state index contributed by atoms with van der Waals surface area (Å²) in [5, 5.41) is 54.6. The van der Waals surface area contributed by atoms with Crippen LogP contribution in [0.3, 0.4) is 0 Å². The number of carbonyl (C=O) groups excluding carboxylic acids is 2. The number of nitrogens with two attached hydrogens (primary N) is 2. The molecule has 10 heterocycles. The molecule has 7 saturated heterocycles. The highest BCUT2D eigenvalue weighted by Gasteiger charge is 2.52. The number of nitro benzene ring substituents is 1. The van der Waals surface area contributed by atoms with E-state index in [0.29, 0.717) is 200 Å². The second kappa shape index (κ2) is 54.7. The Labute approximate surface area is 828 Å². The van der Waals surface area contributed by atoms with Crippen molar-refractivity contribution >= 4 is 80.4 Å². The summed E-state index contributed by atoms with van der Waals surface area (Å²) in [7, 11) is 0. The average molecular weight is 2000 g/mol. The maximum atomic E-state index is 14.9. The number of aliphatic hydroxyl groups is 3. The molecule has 758 valence electrons. The molecule has 18 rings (SSSR count). The minimum Gasteiger partial charge on any atom is -0.464 e. The maximum Gasteiger partial charge on any atom is 0.312 e. The monoisotopic (exact) mass is 2000 g/mol. The molecule has 0 radical (unpaired) electrons. The predicted molar refractivity (Wildman–Crippen MR) is 533 cm³/mol. The van der Waals surface area contributed by atoms with Crippen LogP contribution in [0.1, 0.15) is 136 Å². The van der Waals surface area contributed by atoms with Crippen molar-refractivity contribution in [3.8, 4) is 11.1 Å². The molecule has 35 heteroatoms. The second-order valence-electron chi connectivity index (χ2n) is 36.5. The van der Waals surface area contributed by atoms with Crippen molar-refractivity contribution in [2.24, 2.45) is 67.3 Å². The fraction of sp³-hybridized carbons (Fsp3) is 0.495. The lowest BCUT2D eigenvalue weighted by atomic mass is 9.64. The molecule has 1 aliphatic carbocycles. The quantitative estimate of drug-likeness (QED) is 0.00337. The first-order chi connectivity index (χ1) is 67.7. The molecule has 7 fully saturated rings. The maximum absolute atomic E-state index is 14.9. The van der Waals surface area contributed by atoms with Gasteiger partial charge in [-0.1, -0.05) is 163 Å². The van der Waals surface area contributed by atoms with Crippen molar-refractivity contribution in [3.05, 3.63) is 267 Å². The van der Waals surface area contributed by atoms with Crippen molar-refractivity contribution in [2.45, 2.75) is 130 Å². The van der Waals surface area contributed by atoms with Crippen molar-refractivity contribution in [3.63, 3.8) is 0 Å². The third-order valence-electron chi connectivity index (χ3n) is 26.4. The molecule has 27 nitrogen and oxygen atoms in total. The van der Waals surface area contributed by atoms with Crippen LogP contribution in [0.5, 0.6) is 0 Å². The van der Waals surface area contributed by atoms with Crippen LogP contribution in [0, 0.1) is 74.7 Å². The van der Waals surface area contributed by atoms with E-state index in [9.17, 15) is 51.9 Å². The first-order valence-corrected chi connectivity index (χ1v) is 49.6. The number of oxime groups is 2. The van der Waals surface area contributed by atoms with E-state index < -0.39 is 50.3 Å². The number of non-ortho nitro benzene ring substituents is 1. The zero-order chi connectivity index (χ0) is 100. The number of nitro groups is 1. The Bertz CT molecular complexity index is 5310. The van der Waals surface area contributed by atoms with Gasteiger partial charge in [0.05, 0.1) is 137 Å². The number of esters is 2. The fourth-order valence-corrected chi connectivity index (χ4v) is 21.8. The third kappa shape index (κ3) is 29.1. The Morgan fingerprint density at radius 1 is 0.600 bits per heavy atom. The number of thioether (sulfide) groups is 2. The van der Waals surface area contributed by atoms with E-state index >= 15 is 0 Å². The van der Waals surface area contributed by atoms with E-state index in [2.05, 4.69) is 52.7 Å². The van der Waals surface area contributed by atoms with E-state index in [1.807, 2.05) is 48.5 Å². The van der Waals surface area contributed by atoms with Crippen LogP contribution in [-0.4, -0.2) is 233 Å². The van der Waals surface area contributed by atoms with Gasteiger partial charge in [-0.15, -0.1) is 30.1 Å². The Morgan fingerprint density at radius 3 is 1.71 bits per heavy atom. The minimum atomic E-state index is -0.975. The van der Waals surface area contributed by atoms with Crippen LogP contribution < -0.4 is 11.5 Å². The van der Waals surface area contributed by atoms with E-state index in [1.54, 1.807) is 81.5 Å². The first kappa shape index (κ1) is 111. The zero-order valence-electron chi connectivity index (χ0n) is 79.6. The largest absolute Gasteiger partial charge is 0.464 e. The van der Waals surface area contributed by atoms with Gasteiger partial charge in [-0.2, -0.15) is 0 Å². The Kier molecular flexibility index (Phi) is 43.3. The van der Waals surface area contributed by atoms with Gasteiger partial charge in [0.2, 0.25) is 0 Å². The number of hydrogen-bond donors (Lipinski definition) is 6. The summed E-state index contributed by atoms with van der Waals surface area (Å²) >= 11 is 8.61. The Hall–Kier alpha value is -9.64. The number of hydrogen-bond acceptors (Lipinski definition) is 29. The molecule has 10 aliphatic heterocycles. The SMILES string of the molecule is C1CC2=NOCC2CO1.C=CCOCC/C=N\O.C=CCOCCCO.CC(C)(C)OC(=O)CC1=N[C@@]2(c3cc([N+](=O)[O-])ccc3F)CCOC[C@H]2CS1.Fc1ccccc1[C@]12CCOC[C@H]1COC2.NC1=N[C@@]2(c3ccccc3F)CCOC[C@H]2CS1.N[C@@]1(c2ccccc2F)CCOC[C@H]1CO.O=C(CC(=S)C[C@@]1(c2ccccc2F)CCOC[C@H]1CO)OCC1c2ccccc2-c2ccccc21. The molecule has 7 aromatic carbocycles. The van der Waals surface area contributed by atoms with E-state index in [1.165, 1.54) is 76.9 Å². The summed E-state index contributed by atoms with van der Waals surface area (Å²) < 4.78 is 131. The topological polar surface area (TPSA) is 370 Å². The third-order valence-corrected chi connectivity index (χ3v) is 28.8. The summed E-state index contributed by atoms with van der Waals surface area (Å²) in [6.45, 7) is 23.5.